The third kappa shape index (κ3) is 5.97. The monoisotopic (exact) mass is 308 g/mol. The standard InChI is InChI=1S/C16H20O4S/c1-4-6-14(8-7-13(3)5-2)20-15-9-11-16(12-10-15)21(17,18)19/h4,6-12H,5H2,1-3H3,(H,17,18,19)/b6-4-,13-7-,14-8+. The van der Waals surface area contributed by atoms with Crippen LogP contribution in [0.3, 0.4) is 0 Å². The lowest BCUT2D eigenvalue weighted by Crippen LogP contribution is -1.98. The molecule has 0 unspecified atom stereocenters. The van der Waals surface area contributed by atoms with Crippen LogP contribution < -0.4 is 4.74 Å². The van der Waals surface area contributed by atoms with Gasteiger partial charge in [0.2, 0.25) is 0 Å². The molecule has 0 atom stereocenters. The van der Waals surface area contributed by atoms with E-state index in [4.69, 9.17) is 9.29 Å². The first-order valence-electron chi connectivity index (χ1n) is 6.62. The van der Waals surface area contributed by atoms with Gasteiger partial charge in [0, 0.05) is 0 Å². The zero-order valence-electron chi connectivity index (χ0n) is 12.4. The number of hydrogen-bond acceptors (Lipinski definition) is 3. The minimum Gasteiger partial charge on any atom is -0.457 e. The Morgan fingerprint density at radius 2 is 1.86 bits per heavy atom. The molecule has 1 rings (SSSR count). The maximum Gasteiger partial charge on any atom is 0.294 e. The Bertz CT molecular complexity index is 650. The molecule has 1 N–H and O–H groups in total. The first-order valence-corrected chi connectivity index (χ1v) is 8.06. The van der Waals surface area contributed by atoms with Gasteiger partial charge in [-0.05, 0) is 56.7 Å². The van der Waals surface area contributed by atoms with Gasteiger partial charge in [0.15, 0.2) is 0 Å². The minimum atomic E-state index is -4.18. The Hall–Kier alpha value is -1.85. The van der Waals surface area contributed by atoms with Crippen LogP contribution in [0.2, 0.25) is 0 Å². The normalized spacial score (nSPS) is 13.7. The summed E-state index contributed by atoms with van der Waals surface area (Å²) in [4.78, 5) is -0.159. The van der Waals surface area contributed by atoms with Crippen molar-refractivity contribution in [1.82, 2.24) is 0 Å². The number of rotatable bonds is 6. The molecule has 114 valence electrons. The van der Waals surface area contributed by atoms with Crippen molar-refractivity contribution in [2.75, 3.05) is 0 Å². The highest BCUT2D eigenvalue weighted by Crippen LogP contribution is 2.18. The van der Waals surface area contributed by atoms with Crippen LogP contribution in [0.1, 0.15) is 27.2 Å². The summed E-state index contributed by atoms with van der Waals surface area (Å²) in [6, 6.07) is 5.59. The third-order valence-electron chi connectivity index (χ3n) is 2.78. The van der Waals surface area contributed by atoms with Gasteiger partial charge >= 0.3 is 0 Å². The van der Waals surface area contributed by atoms with Crippen LogP contribution >= 0.6 is 0 Å². The Labute approximate surface area is 126 Å². The van der Waals surface area contributed by atoms with Crippen LogP contribution in [0.25, 0.3) is 0 Å². The summed E-state index contributed by atoms with van der Waals surface area (Å²) < 4.78 is 36.5. The van der Waals surface area contributed by atoms with E-state index in [0.717, 1.165) is 6.42 Å². The van der Waals surface area contributed by atoms with Crippen molar-refractivity contribution >= 4 is 10.1 Å². The van der Waals surface area contributed by atoms with E-state index in [1.54, 1.807) is 0 Å². The molecule has 0 heterocycles. The van der Waals surface area contributed by atoms with Gasteiger partial charge in [0.25, 0.3) is 10.1 Å². The fraction of sp³-hybridized carbons (Fsp3) is 0.250. The van der Waals surface area contributed by atoms with Gasteiger partial charge in [-0.15, -0.1) is 0 Å². The van der Waals surface area contributed by atoms with Crippen molar-refractivity contribution < 1.29 is 17.7 Å². The van der Waals surface area contributed by atoms with E-state index in [0.29, 0.717) is 11.5 Å². The summed E-state index contributed by atoms with van der Waals surface area (Å²) in [6.45, 7) is 5.99. The van der Waals surface area contributed by atoms with Gasteiger partial charge < -0.3 is 4.74 Å². The lowest BCUT2D eigenvalue weighted by atomic mass is 10.2. The van der Waals surface area contributed by atoms with Crippen LogP contribution in [0.5, 0.6) is 5.75 Å². The van der Waals surface area contributed by atoms with Crippen molar-refractivity contribution in [1.29, 1.82) is 0 Å². The molecule has 1 aromatic carbocycles. The van der Waals surface area contributed by atoms with E-state index in [-0.39, 0.29) is 4.90 Å². The maximum absolute atomic E-state index is 11.0. The van der Waals surface area contributed by atoms with E-state index < -0.39 is 10.1 Å². The summed E-state index contributed by atoms with van der Waals surface area (Å²) in [7, 11) is -4.18. The van der Waals surface area contributed by atoms with Crippen molar-refractivity contribution in [3.63, 3.8) is 0 Å². The number of ether oxygens (including phenoxy) is 1. The minimum absolute atomic E-state index is 0.159. The average molecular weight is 308 g/mol. The van der Waals surface area contributed by atoms with Gasteiger partial charge in [-0.1, -0.05) is 24.6 Å². The molecule has 0 bridgehead atoms. The van der Waals surface area contributed by atoms with Crippen LogP contribution in [0.15, 0.2) is 64.8 Å². The number of hydrogen-bond donors (Lipinski definition) is 1. The van der Waals surface area contributed by atoms with Crippen LogP contribution in [-0.2, 0) is 10.1 Å². The lowest BCUT2D eigenvalue weighted by Gasteiger charge is -2.06. The second-order valence-corrected chi connectivity index (χ2v) is 5.91. The van der Waals surface area contributed by atoms with E-state index in [9.17, 15) is 8.42 Å². The predicted molar refractivity (Wildman–Crippen MR) is 83.8 cm³/mol. The van der Waals surface area contributed by atoms with Crippen molar-refractivity contribution in [2.24, 2.45) is 0 Å². The van der Waals surface area contributed by atoms with Crippen molar-refractivity contribution in [3.8, 4) is 5.75 Å². The summed E-state index contributed by atoms with van der Waals surface area (Å²) in [5, 5.41) is 0. The molecule has 0 aliphatic rings. The highest BCUT2D eigenvalue weighted by Gasteiger charge is 2.08. The van der Waals surface area contributed by atoms with E-state index >= 15 is 0 Å². The van der Waals surface area contributed by atoms with Gasteiger partial charge in [-0.3, -0.25) is 4.55 Å². The van der Waals surface area contributed by atoms with E-state index in [2.05, 4.69) is 6.92 Å². The highest BCUT2D eigenvalue weighted by molar-refractivity contribution is 7.85. The molecule has 5 heteroatoms. The number of benzene rings is 1. The fourth-order valence-corrected chi connectivity index (χ4v) is 1.93. The van der Waals surface area contributed by atoms with Crippen LogP contribution in [-0.4, -0.2) is 13.0 Å². The van der Waals surface area contributed by atoms with Crippen LogP contribution in [0.4, 0.5) is 0 Å². The molecule has 0 amide bonds. The molecular weight excluding hydrogens is 288 g/mol. The summed E-state index contributed by atoms with van der Waals surface area (Å²) in [6.07, 6.45) is 8.46. The average Bonchev–Trinajstić information content (AvgIpc) is 2.44. The van der Waals surface area contributed by atoms with Gasteiger partial charge in [-0.2, -0.15) is 8.42 Å². The SMILES string of the molecule is C\C=C/C(=C\C=C(\C)CC)Oc1ccc(S(=O)(=O)O)cc1. The zero-order valence-corrected chi connectivity index (χ0v) is 13.2. The Morgan fingerprint density at radius 1 is 1.24 bits per heavy atom. The van der Waals surface area contributed by atoms with Crippen molar-refractivity contribution in [2.45, 2.75) is 32.1 Å². The molecule has 21 heavy (non-hydrogen) atoms. The van der Waals surface area contributed by atoms with Crippen molar-refractivity contribution in [3.05, 3.63) is 59.9 Å². The topological polar surface area (TPSA) is 63.6 Å². The molecule has 0 aliphatic heterocycles. The quantitative estimate of drug-likeness (QED) is 0.487. The molecular formula is C16H20O4S. The zero-order chi connectivity index (χ0) is 15.9. The Balaban J connectivity index is 2.95. The molecule has 0 saturated heterocycles. The van der Waals surface area contributed by atoms with Gasteiger partial charge in [0.05, 0.1) is 4.90 Å². The molecule has 4 nitrogen and oxygen atoms in total. The predicted octanol–water partition coefficient (Wildman–Crippen LogP) is 4.13. The smallest absolute Gasteiger partial charge is 0.294 e. The second-order valence-electron chi connectivity index (χ2n) is 4.48. The van der Waals surface area contributed by atoms with E-state index in [1.165, 1.54) is 29.8 Å². The molecule has 0 aliphatic carbocycles. The second kappa shape index (κ2) is 7.81. The molecule has 0 aromatic heterocycles. The largest absolute Gasteiger partial charge is 0.457 e. The summed E-state index contributed by atoms with van der Waals surface area (Å²) >= 11 is 0. The maximum atomic E-state index is 11.0. The number of allylic oxidation sites excluding steroid dienone is 5. The highest BCUT2D eigenvalue weighted by atomic mass is 32.2. The van der Waals surface area contributed by atoms with Crippen LogP contribution in [0, 0.1) is 0 Å². The Kier molecular flexibility index (Phi) is 6.39. The van der Waals surface area contributed by atoms with Gasteiger partial charge in [-0.25, -0.2) is 0 Å². The Morgan fingerprint density at radius 3 is 2.33 bits per heavy atom. The summed E-state index contributed by atoms with van der Waals surface area (Å²) in [5.74, 6) is 1.14. The molecule has 0 spiro atoms. The third-order valence-corrected chi connectivity index (χ3v) is 3.65. The molecule has 0 saturated carbocycles. The molecule has 0 fully saturated rings. The first-order chi connectivity index (χ1) is 9.86. The fourth-order valence-electron chi connectivity index (χ4n) is 1.45. The lowest BCUT2D eigenvalue weighted by molar-refractivity contribution is 0.443. The molecule has 1 aromatic rings. The summed E-state index contributed by atoms with van der Waals surface area (Å²) in [5.41, 5.74) is 1.22. The first kappa shape index (κ1) is 17.2. The van der Waals surface area contributed by atoms with Gasteiger partial charge in [0.1, 0.15) is 11.5 Å². The van der Waals surface area contributed by atoms with E-state index in [1.807, 2.05) is 38.2 Å². The molecule has 0 radical (unpaired) electrons.